The topological polar surface area (TPSA) is 26.3 Å². The monoisotopic (exact) mass is 664 g/mol. The van der Waals surface area contributed by atoms with Crippen LogP contribution in [0, 0.1) is 13.8 Å². The van der Waals surface area contributed by atoms with Gasteiger partial charge in [-0.05, 0) is 98.9 Å². The zero-order chi connectivity index (χ0) is 34.5. The Kier molecular flexibility index (Phi) is 6.12. The number of benzene rings is 9. The number of fused-ring (bicyclic) bond motifs is 10. The van der Waals surface area contributed by atoms with E-state index in [1.807, 2.05) is 6.07 Å². The molecule has 0 amide bonds. The molecule has 0 aliphatic carbocycles. The summed E-state index contributed by atoms with van der Waals surface area (Å²) in [5, 5.41) is 11.8. The lowest BCUT2D eigenvalue weighted by atomic mass is 9.84. The second-order valence-corrected chi connectivity index (χ2v) is 14.2. The zero-order valence-electron chi connectivity index (χ0n) is 28.8. The predicted molar refractivity (Wildman–Crippen MR) is 219 cm³/mol. The molecule has 0 saturated heterocycles. The van der Waals surface area contributed by atoms with Gasteiger partial charge in [0.15, 0.2) is 0 Å². The van der Waals surface area contributed by atoms with E-state index in [1.165, 1.54) is 60.3 Å². The van der Waals surface area contributed by atoms with Gasteiger partial charge in [0, 0.05) is 32.5 Å². The van der Waals surface area contributed by atoms with Crippen LogP contribution >= 0.6 is 0 Å². The largest absolute Gasteiger partial charge is 0.455 e. The highest BCUT2D eigenvalue weighted by atomic mass is 16.3. The van der Waals surface area contributed by atoms with Crippen molar-refractivity contribution in [3.05, 3.63) is 169 Å². The smallest absolute Gasteiger partial charge is 0.143 e. The molecule has 2 nitrogen and oxygen atoms in total. The van der Waals surface area contributed by atoms with Crippen molar-refractivity contribution in [1.82, 2.24) is 0 Å². The molecule has 0 saturated carbocycles. The SMILES string of the molecule is Cc1ccc2c(-c3ccc4oc5c6ccccc6ccc5c4c3)c3cc(C)ccc3c(-c3cccc(-c4cccc5c4oc4ccccc45)c3)c2c1. The lowest BCUT2D eigenvalue weighted by molar-refractivity contribution is 0.670. The molecule has 52 heavy (non-hydrogen) atoms. The van der Waals surface area contributed by atoms with E-state index < -0.39 is 0 Å². The van der Waals surface area contributed by atoms with Crippen LogP contribution in [0.2, 0.25) is 0 Å². The van der Waals surface area contributed by atoms with Crippen molar-refractivity contribution in [2.45, 2.75) is 13.8 Å². The molecule has 2 heterocycles. The van der Waals surface area contributed by atoms with Crippen LogP contribution in [0.15, 0.2) is 167 Å². The fourth-order valence-electron chi connectivity index (χ4n) is 8.55. The molecule has 0 unspecified atom stereocenters. The highest BCUT2D eigenvalue weighted by molar-refractivity contribution is 6.23. The predicted octanol–water partition coefficient (Wildman–Crippen LogP) is 14.6. The van der Waals surface area contributed by atoms with Crippen LogP contribution in [0.4, 0.5) is 0 Å². The Labute approximate surface area is 300 Å². The molecular formula is C50H32O2. The van der Waals surface area contributed by atoms with Crippen molar-refractivity contribution in [2.24, 2.45) is 0 Å². The molecule has 0 aliphatic heterocycles. The van der Waals surface area contributed by atoms with Gasteiger partial charge in [-0.1, -0.05) is 139 Å². The fourth-order valence-corrected chi connectivity index (χ4v) is 8.55. The van der Waals surface area contributed by atoms with Gasteiger partial charge in [-0.15, -0.1) is 0 Å². The van der Waals surface area contributed by atoms with Crippen LogP contribution < -0.4 is 0 Å². The van der Waals surface area contributed by atoms with Gasteiger partial charge in [-0.25, -0.2) is 0 Å². The van der Waals surface area contributed by atoms with Crippen LogP contribution in [0.3, 0.4) is 0 Å². The lowest BCUT2D eigenvalue weighted by Gasteiger charge is -2.19. The van der Waals surface area contributed by atoms with Gasteiger partial charge in [0.1, 0.15) is 22.3 Å². The van der Waals surface area contributed by atoms with Crippen LogP contribution in [-0.4, -0.2) is 0 Å². The Morgan fingerprint density at radius 3 is 1.73 bits per heavy atom. The molecule has 0 fully saturated rings. The first kappa shape index (κ1) is 29.1. The number of aryl methyl sites for hydroxylation is 2. The Hall–Kier alpha value is -6.64. The van der Waals surface area contributed by atoms with Crippen molar-refractivity contribution in [2.75, 3.05) is 0 Å². The van der Waals surface area contributed by atoms with Crippen LogP contribution in [0.25, 0.3) is 110 Å². The summed E-state index contributed by atoms with van der Waals surface area (Å²) < 4.78 is 13.0. The van der Waals surface area contributed by atoms with Gasteiger partial charge in [-0.3, -0.25) is 0 Å². The molecule has 0 atom stereocenters. The van der Waals surface area contributed by atoms with Gasteiger partial charge in [-0.2, -0.15) is 0 Å². The second-order valence-electron chi connectivity index (χ2n) is 14.2. The zero-order valence-corrected chi connectivity index (χ0v) is 28.8. The Morgan fingerprint density at radius 1 is 0.327 bits per heavy atom. The standard InChI is InChI=1S/C50H32O2/c1-29-18-22-39-43(25-29)47(33-11-7-10-32(27-33)36-14-8-15-40-37-13-5-6-16-45(37)51-50(36)40)38-21-17-30(2)26-44(38)48(39)34-20-24-46-42(28-34)41-23-19-31-9-3-4-12-35(31)49(41)52-46/h3-28H,1-2H3. The molecule has 2 aromatic heterocycles. The molecule has 0 bridgehead atoms. The molecule has 244 valence electrons. The molecular weight excluding hydrogens is 633 g/mol. The van der Waals surface area contributed by atoms with Gasteiger partial charge in [0.25, 0.3) is 0 Å². The van der Waals surface area contributed by atoms with E-state index in [-0.39, 0.29) is 0 Å². The highest BCUT2D eigenvalue weighted by Gasteiger charge is 2.20. The summed E-state index contributed by atoms with van der Waals surface area (Å²) in [6.07, 6.45) is 0. The third-order valence-electron chi connectivity index (χ3n) is 10.9. The molecule has 0 radical (unpaired) electrons. The Bertz CT molecular complexity index is 3260. The molecule has 9 aromatic carbocycles. The highest BCUT2D eigenvalue weighted by Crippen LogP contribution is 2.47. The number of furan rings is 2. The van der Waals surface area contributed by atoms with E-state index in [1.54, 1.807) is 0 Å². The van der Waals surface area contributed by atoms with Gasteiger partial charge in [0.05, 0.1) is 0 Å². The van der Waals surface area contributed by atoms with E-state index >= 15 is 0 Å². The minimum absolute atomic E-state index is 0.906. The van der Waals surface area contributed by atoms with Gasteiger partial charge in [0.2, 0.25) is 0 Å². The van der Waals surface area contributed by atoms with Crippen molar-refractivity contribution in [3.8, 4) is 33.4 Å². The first-order valence-electron chi connectivity index (χ1n) is 17.9. The van der Waals surface area contributed by atoms with E-state index in [2.05, 4.69) is 166 Å². The maximum atomic E-state index is 6.53. The van der Waals surface area contributed by atoms with E-state index in [9.17, 15) is 0 Å². The van der Waals surface area contributed by atoms with Crippen molar-refractivity contribution >= 4 is 76.2 Å². The summed E-state index contributed by atoms with van der Waals surface area (Å²) >= 11 is 0. The van der Waals surface area contributed by atoms with Crippen molar-refractivity contribution < 1.29 is 8.83 Å². The number of hydrogen-bond acceptors (Lipinski definition) is 2. The van der Waals surface area contributed by atoms with Crippen LogP contribution in [0.5, 0.6) is 0 Å². The van der Waals surface area contributed by atoms with Crippen LogP contribution in [-0.2, 0) is 0 Å². The number of rotatable bonds is 3. The van der Waals surface area contributed by atoms with E-state index in [0.29, 0.717) is 0 Å². The number of hydrogen-bond donors (Lipinski definition) is 0. The molecule has 0 N–H and O–H groups in total. The first-order valence-corrected chi connectivity index (χ1v) is 17.9. The minimum Gasteiger partial charge on any atom is -0.455 e. The normalized spacial score (nSPS) is 12.0. The molecule has 11 aromatic rings. The fraction of sp³-hybridized carbons (Fsp3) is 0.0400. The van der Waals surface area contributed by atoms with Gasteiger partial charge >= 0.3 is 0 Å². The third-order valence-corrected chi connectivity index (χ3v) is 10.9. The first-order chi connectivity index (χ1) is 25.6. The Morgan fingerprint density at radius 2 is 0.923 bits per heavy atom. The number of para-hydroxylation sites is 2. The van der Waals surface area contributed by atoms with Crippen molar-refractivity contribution in [3.63, 3.8) is 0 Å². The summed E-state index contributed by atoms with van der Waals surface area (Å²) in [5.74, 6) is 0. The van der Waals surface area contributed by atoms with Crippen molar-refractivity contribution in [1.29, 1.82) is 0 Å². The maximum absolute atomic E-state index is 6.53. The van der Waals surface area contributed by atoms with E-state index in [0.717, 1.165) is 60.4 Å². The Balaban J connectivity index is 1.17. The minimum atomic E-state index is 0.906. The summed E-state index contributed by atoms with van der Waals surface area (Å²) in [6, 6.07) is 57.2. The summed E-state index contributed by atoms with van der Waals surface area (Å²) in [4.78, 5) is 0. The second kappa shape index (κ2) is 10.9. The quantitative estimate of drug-likeness (QED) is 0.176. The molecule has 0 spiro atoms. The lowest BCUT2D eigenvalue weighted by Crippen LogP contribution is -1.93. The third kappa shape index (κ3) is 4.25. The molecule has 0 aliphatic rings. The van der Waals surface area contributed by atoms with Crippen LogP contribution in [0.1, 0.15) is 11.1 Å². The maximum Gasteiger partial charge on any atom is 0.143 e. The average Bonchev–Trinajstić information content (AvgIpc) is 3.75. The summed E-state index contributed by atoms with van der Waals surface area (Å²) in [7, 11) is 0. The molecule has 2 heteroatoms. The van der Waals surface area contributed by atoms with E-state index in [4.69, 9.17) is 8.83 Å². The summed E-state index contributed by atoms with van der Waals surface area (Å²) in [5.41, 5.74) is 13.3. The van der Waals surface area contributed by atoms with Gasteiger partial charge < -0.3 is 8.83 Å². The molecule has 11 rings (SSSR count). The summed E-state index contributed by atoms with van der Waals surface area (Å²) in [6.45, 7) is 4.38. The average molecular weight is 665 g/mol.